The molecular formula is C25H17BrN4O9. The zero-order chi connectivity index (χ0) is 28.3. The van der Waals surface area contributed by atoms with Crippen LogP contribution in [0.2, 0.25) is 0 Å². The number of hydrogen-bond acceptors (Lipinski definition) is 9. The van der Waals surface area contributed by atoms with Gasteiger partial charge in [0.15, 0.2) is 11.5 Å². The van der Waals surface area contributed by atoms with Gasteiger partial charge < -0.3 is 9.47 Å². The molecule has 0 aliphatic carbocycles. The Balaban J connectivity index is 1.69. The van der Waals surface area contributed by atoms with Crippen molar-refractivity contribution in [2.45, 2.75) is 6.92 Å². The highest BCUT2D eigenvalue weighted by atomic mass is 79.9. The molecule has 3 aromatic carbocycles. The van der Waals surface area contributed by atoms with Crippen molar-refractivity contribution in [3.05, 3.63) is 96.5 Å². The average molecular weight is 597 g/mol. The summed E-state index contributed by atoms with van der Waals surface area (Å²) in [5, 5.41) is 24.6. The minimum atomic E-state index is -0.895. The van der Waals surface area contributed by atoms with Crippen molar-refractivity contribution in [2.24, 2.45) is 0 Å². The number of halogens is 1. The van der Waals surface area contributed by atoms with Crippen molar-refractivity contribution < 1.29 is 33.7 Å². The number of benzene rings is 3. The summed E-state index contributed by atoms with van der Waals surface area (Å²) in [6.45, 7) is 1.85. The van der Waals surface area contributed by atoms with E-state index in [4.69, 9.17) is 9.47 Å². The van der Waals surface area contributed by atoms with E-state index < -0.39 is 39.1 Å². The Hall–Kier alpha value is -5.11. The van der Waals surface area contributed by atoms with Crippen LogP contribution in [-0.4, -0.2) is 34.3 Å². The summed E-state index contributed by atoms with van der Waals surface area (Å²) in [5.74, 6) is -1.83. The summed E-state index contributed by atoms with van der Waals surface area (Å²) >= 11 is 3.28. The van der Waals surface area contributed by atoms with E-state index >= 15 is 0 Å². The summed E-state index contributed by atoms with van der Waals surface area (Å²) in [7, 11) is 0. The molecule has 0 radical (unpaired) electrons. The van der Waals surface area contributed by atoms with Crippen LogP contribution < -0.4 is 19.7 Å². The summed E-state index contributed by atoms with van der Waals surface area (Å²) in [5.41, 5.74) is -0.845. The van der Waals surface area contributed by atoms with Gasteiger partial charge in [-0.05, 0) is 61.0 Å². The molecule has 4 rings (SSSR count). The Kier molecular flexibility index (Phi) is 7.67. The van der Waals surface area contributed by atoms with Gasteiger partial charge in [-0.15, -0.1) is 0 Å². The smallest absolute Gasteiger partial charge is 0.335 e. The lowest BCUT2D eigenvalue weighted by Gasteiger charge is -2.26. The van der Waals surface area contributed by atoms with Gasteiger partial charge in [0.05, 0.1) is 28.2 Å². The quantitative estimate of drug-likeness (QED) is 0.160. The molecule has 0 aromatic heterocycles. The van der Waals surface area contributed by atoms with E-state index in [2.05, 4.69) is 21.2 Å². The summed E-state index contributed by atoms with van der Waals surface area (Å²) < 4.78 is 12.0. The van der Waals surface area contributed by atoms with E-state index in [1.165, 1.54) is 36.4 Å². The lowest BCUT2D eigenvalue weighted by atomic mass is 10.1. The fourth-order valence-corrected chi connectivity index (χ4v) is 3.85. The molecule has 0 saturated carbocycles. The topological polar surface area (TPSA) is 171 Å². The number of barbiturate groups is 1. The normalized spacial score (nSPS) is 14.3. The van der Waals surface area contributed by atoms with Gasteiger partial charge in [-0.1, -0.05) is 22.0 Å². The molecule has 198 valence electrons. The van der Waals surface area contributed by atoms with Crippen LogP contribution in [-0.2, 0) is 9.59 Å². The van der Waals surface area contributed by atoms with Crippen molar-refractivity contribution >= 4 is 56.9 Å². The number of nitro benzene ring substituents is 2. The molecule has 1 aliphatic rings. The van der Waals surface area contributed by atoms with Crippen LogP contribution in [0.4, 0.5) is 21.9 Å². The number of carbonyl (C=O) groups excluding carboxylic acids is 3. The number of hydrogen-bond donors (Lipinski definition) is 1. The predicted octanol–water partition coefficient (Wildman–Crippen LogP) is 5.12. The van der Waals surface area contributed by atoms with Gasteiger partial charge in [-0.3, -0.25) is 35.1 Å². The highest BCUT2D eigenvalue weighted by Crippen LogP contribution is 2.39. The Morgan fingerprint density at radius 2 is 1.62 bits per heavy atom. The summed E-state index contributed by atoms with van der Waals surface area (Å²) in [6.07, 6.45) is 1.26. The van der Waals surface area contributed by atoms with Crippen molar-refractivity contribution in [2.75, 3.05) is 11.5 Å². The second-order valence-electron chi connectivity index (χ2n) is 7.84. The zero-order valence-electron chi connectivity index (χ0n) is 20.0. The number of nitrogens with zero attached hydrogens (tertiary/aromatic N) is 3. The largest absolute Gasteiger partial charge is 0.490 e. The molecule has 0 atom stereocenters. The Labute approximate surface area is 228 Å². The van der Waals surface area contributed by atoms with Gasteiger partial charge >= 0.3 is 11.7 Å². The molecule has 1 saturated heterocycles. The third kappa shape index (κ3) is 5.75. The number of ether oxygens (including phenoxy) is 2. The molecule has 0 unspecified atom stereocenters. The minimum absolute atomic E-state index is 0.0436. The van der Waals surface area contributed by atoms with E-state index in [0.29, 0.717) is 5.56 Å². The van der Waals surface area contributed by atoms with Crippen LogP contribution in [0, 0.1) is 20.2 Å². The average Bonchev–Trinajstić information content (AvgIpc) is 2.89. The monoisotopic (exact) mass is 596 g/mol. The lowest BCUT2D eigenvalue weighted by Crippen LogP contribution is -2.54. The van der Waals surface area contributed by atoms with E-state index in [9.17, 15) is 34.6 Å². The van der Waals surface area contributed by atoms with Crippen LogP contribution in [0.15, 0.2) is 70.7 Å². The summed E-state index contributed by atoms with van der Waals surface area (Å²) in [4.78, 5) is 59.8. The van der Waals surface area contributed by atoms with Crippen molar-refractivity contribution in [3.8, 4) is 17.2 Å². The highest BCUT2D eigenvalue weighted by molar-refractivity contribution is 9.10. The SMILES string of the molecule is CCOc1cc(/C=C2\C(=O)NC(=O)N(c3ccc(Br)cc3)C2=O)ccc1Oc1ccc([N+](=O)[O-])cc1[N+](=O)[O-]. The standard InChI is InChI=1S/C25H17BrN4O9/c1-2-38-22-12-14(3-9-21(22)39-20-10-8-17(29(34)35)13-19(20)30(36)37)11-18-23(31)27-25(33)28(24(18)32)16-6-4-15(26)5-7-16/h3-13H,2H2,1H3,(H,27,31,33)/b18-11+. The van der Waals surface area contributed by atoms with Crippen LogP contribution in [0.3, 0.4) is 0 Å². The van der Waals surface area contributed by atoms with Crippen LogP contribution in [0.25, 0.3) is 6.08 Å². The maximum Gasteiger partial charge on any atom is 0.335 e. The summed E-state index contributed by atoms with van der Waals surface area (Å²) in [6, 6.07) is 12.7. The molecular weight excluding hydrogens is 580 g/mol. The third-order valence-corrected chi connectivity index (χ3v) is 5.86. The first-order chi connectivity index (χ1) is 18.6. The fraction of sp³-hybridized carbons (Fsp3) is 0.0800. The Morgan fingerprint density at radius 3 is 2.26 bits per heavy atom. The number of urea groups is 1. The molecule has 3 aromatic rings. The first kappa shape index (κ1) is 26.9. The number of nitro groups is 2. The molecule has 13 nitrogen and oxygen atoms in total. The Bertz CT molecular complexity index is 1550. The first-order valence-electron chi connectivity index (χ1n) is 11.1. The third-order valence-electron chi connectivity index (χ3n) is 5.34. The predicted molar refractivity (Wildman–Crippen MR) is 141 cm³/mol. The van der Waals surface area contributed by atoms with E-state index in [-0.39, 0.29) is 35.1 Å². The number of rotatable bonds is 8. The van der Waals surface area contributed by atoms with E-state index in [1.807, 2.05) is 0 Å². The molecule has 1 N–H and O–H groups in total. The van der Waals surface area contributed by atoms with Gasteiger partial charge in [0.2, 0.25) is 5.75 Å². The molecule has 14 heteroatoms. The van der Waals surface area contributed by atoms with E-state index in [1.54, 1.807) is 19.1 Å². The fourth-order valence-electron chi connectivity index (χ4n) is 3.58. The van der Waals surface area contributed by atoms with Gasteiger partial charge in [0.1, 0.15) is 5.57 Å². The number of nitrogens with one attached hydrogen (secondary N) is 1. The first-order valence-corrected chi connectivity index (χ1v) is 11.9. The second kappa shape index (κ2) is 11.1. The minimum Gasteiger partial charge on any atom is -0.490 e. The molecule has 0 bridgehead atoms. The van der Waals surface area contributed by atoms with Crippen LogP contribution in [0.5, 0.6) is 17.2 Å². The molecule has 1 heterocycles. The van der Waals surface area contributed by atoms with Crippen molar-refractivity contribution in [1.82, 2.24) is 5.32 Å². The Morgan fingerprint density at radius 1 is 0.923 bits per heavy atom. The maximum absolute atomic E-state index is 13.1. The van der Waals surface area contributed by atoms with Crippen LogP contribution >= 0.6 is 15.9 Å². The van der Waals surface area contributed by atoms with Gasteiger partial charge in [0, 0.05) is 10.5 Å². The molecule has 1 aliphatic heterocycles. The molecule has 0 spiro atoms. The van der Waals surface area contributed by atoms with Crippen LogP contribution in [0.1, 0.15) is 12.5 Å². The molecule has 39 heavy (non-hydrogen) atoms. The zero-order valence-corrected chi connectivity index (χ0v) is 21.5. The number of anilines is 1. The second-order valence-corrected chi connectivity index (χ2v) is 8.76. The highest BCUT2D eigenvalue weighted by Gasteiger charge is 2.36. The van der Waals surface area contributed by atoms with Gasteiger partial charge in [0.25, 0.3) is 17.5 Å². The van der Waals surface area contributed by atoms with Gasteiger partial charge in [-0.25, -0.2) is 9.69 Å². The van der Waals surface area contributed by atoms with Gasteiger partial charge in [-0.2, -0.15) is 0 Å². The maximum atomic E-state index is 13.1. The number of imide groups is 2. The molecule has 1 fully saturated rings. The molecule has 4 amide bonds. The number of carbonyl (C=O) groups is 3. The van der Waals surface area contributed by atoms with E-state index in [0.717, 1.165) is 27.6 Å². The van der Waals surface area contributed by atoms with Crippen molar-refractivity contribution in [3.63, 3.8) is 0 Å². The lowest BCUT2D eigenvalue weighted by molar-refractivity contribution is -0.394. The van der Waals surface area contributed by atoms with Crippen molar-refractivity contribution in [1.29, 1.82) is 0 Å². The number of non-ortho nitro benzene ring substituents is 1. The number of amides is 4.